The highest BCUT2D eigenvalue weighted by Gasteiger charge is 2.29. The maximum Gasteiger partial charge on any atom is 0.293 e. The molecule has 1 aromatic carbocycles. The molecule has 1 aliphatic carbocycles. The van der Waals surface area contributed by atoms with Gasteiger partial charge in [-0.05, 0) is 44.7 Å². The summed E-state index contributed by atoms with van der Waals surface area (Å²) in [5, 5.41) is 20.3. The molecule has 1 saturated carbocycles. The number of nitro groups is 1. The number of rotatable bonds is 7. The van der Waals surface area contributed by atoms with Crippen LogP contribution in [-0.4, -0.2) is 35.0 Å². The second kappa shape index (κ2) is 6.67. The van der Waals surface area contributed by atoms with Gasteiger partial charge in [-0.25, -0.2) is 0 Å². The molecule has 21 heavy (non-hydrogen) atoms. The summed E-state index contributed by atoms with van der Waals surface area (Å²) in [6.07, 6.45) is 3.72. The van der Waals surface area contributed by atoms with E-state index in [-0.39, 0.29) is 18.1 Å². The van der Waals surface area contributed by atoms with Crippen LogP contribution in [0.15, 0.2) is 18.2 Å². The average Bonchev–Trinajstić information content (AvgIpc) is 2.40. The lowest BCUT2D eigenvalue weighted by molar-refractivity contribution is -0.384. The third-order valence-corrected chi connectivity index (χ3v) is 3.96. The van der Waals surface area contributed by atoms with Crippen LogP contribution in [0.25, 0.3) is 0 Å². The van der Waals surface area contributed by atoms with E-state index < -0.39 is 4.92 Å². The van der Waals surface area contributed by atoms with Crippen molar-refractivity contribution in [2.75, 3.05) is 18.1 Å². The Hall–Kier alpha value is -1.95. The quantitative estimate of drug-likeness (QED) is 0.474. The van der Waals surface area contributed by atoms with Crippen LogP contribution in [0.1, 0.15) is 43.0 Å². The summed E-state index contributed by atoms with van der Waals surface area (Å²) in [5.74, 6) is -0.185. The van der Waals surface area contributed by atoms with Crippen LogP contribution in [0.2, 0.25) is 0 Å². The topological polar surface area (TPSA) is 83.7 Å². The maximum atomic E-state index is 11.4. The number of nitro benzene ring substituents is 1. The summed E-state index contributed by atoms with van der Waals surface area (Å²) in [4.78, 5) is 24.3. The molecule has 0 radical (unpaired) electrons. The maximum absolute atomic E-state index is 11.4. The zero-order valence-corrected chi connectivity index (χ0v) is 12.1. The molecule has 0 amide bonds. The first-order valence-corrected chi connectivity index (χ1v) is 7.21. The molecule has 0 atom stereocenters. The number of anilines is 1. The van der Waals surface area contributed by atoms with Crippen molar-refractivity contribution in [1.82, 2.24) is 0 Å². The van der Waals surface area contributed by atoms with Crippen molar-refractivity contribution in [3.63, 3.8) is 0 Å². The molecule has 0 saturated heterocycles. The summed E-state index contributed by atoms with van der Waals surface area (Å²) in [5.41, 5.74) is 0.858. The Bertz CT molecular complexity index is 540. The van der Waals surface area contributed by atoms with Crippen LogP contribution in [0.4, 0.5) is 11.4 Å². The number of hydrogen-bond acceptors (Lipinski definition) is 5. The minimum absolute atomic E-state index is 0.0347. The van der Waals surface area contributed by atoms with E-state index in [1.54, 1.807) is 12.1 Å². The molecule has 0 unspecified atom stereocenters. The Morgan fingerprint density at radius 3 is 2.67 bits per heavy atom. The van der Waals surface area contributed by atoms with Gasteiger partial charge in [-0.3, -0.25) is 14.9 Å². The number of aliphatic hydroxyl groups excluding tert-OH is 1. The minimum atomic E-state index is -0.438. The molecule has 0 spiro atoms. The van der Waals surface area contributed by atoms with Gasteiger partial charge in [0, 0.05) is 30.8 Å². The zero-order valence-electron chi connectivity index (χ0n) is 12.1. The molecule has 6 nitrogen and oxygen atoms in total. The Labute approximate surface area is 123 Å². The van der Waals surface area contributed by atoms with E-state index in [1.165, 1.54) is 13.0 Å². The van der Waals surface area contributed by atoms with Gasteiger partial charge in [-0.15, -0.1) is 0 Å². The Morgan fingerprint density at radius 2 is 2.19 bits per heavy atom. The van der Waals surface area contributed by atoms with Crippen LogP contribution >= 0.6 is 0 Å². The van der Waals surface area contributed by atoms with Crippen LogP contribution in [0.5, 0.6) is 0 Å². The number of carbonyl (C=O) groups excluding carboxylic acids is 1. The van der Waals surface area contributed by atoms with Crippen LogP contribution in [-0.2, 0) is 0 Å². The SMILES string of the molecule is CC(=O)c1ccc(N(CCCO)C2CCC2)c([N+](=O)[O-])c1. The number of carbonyl (C=O) groups is 1. The number of hydrogen-bond donors (Lipinski definition) is 1. The fourth-order valence-electron chi connectivity index (χ4n) is 2.57. The highest BCUT2D eigenvalue weighted by Crippen LogP contribution is 2.36. The molecule has 0 aromatic heterocycles. The molecule has 6 heteroatoms. The van der Waals surface area contributed by atoms with Gasteiger partial charge in [0.1, 0.15) is 5.69 Å². The number of Topliss-reactive ketones (excluding diaryl/α,β-unsaturated/α-hetero) is 1. The lowest BCUT2D eigenvalue weighted by Gasteiger charge is -2.39. The van der Waals surface area contributed by atoms with E-state index in [9.17, 15) is 14.9 Å². The van der Waals surface area contributed by atoms with E-state index in [1.807, 2.05) is 4.90 Å². The Balaban J connectivity index is 2.38. The average molecular weight is 292 g/mol. The molecule has 1 N–H and O–H groups in total. The summed E-state index contributed by atoms with van der Waals surface area (Å²) in [6, 6.07) is 4.93. The Morgan fingerprint density at radius 1 is 1.48 bits per heavy atom. The monoisotopic (exact) mass is 292 g/mol. The van der Waals surface area contributed by atoms with Gasteiger partial charge >= 0.3 is 0 Å². The van der Waals surface area contributed by atoms with Crippen molar-refractivity contribution in [2.24, 2.45) is 0 Å². The molecule has 0 aliphatic heterocycles. The van der Waals surface area contributed by atoms with E-state index in [4.69, 9.17) is 5.11 Å². The van der Waals surface area contributed by atoms with Gasteiger partial charge in [0.2, 0.25) is 0 Å². The first-order chi connectivity index (χ1) is 10.0. The van der Waals surface area contributed by atoms with Crippen LogP contribution in [0.3, 0.4) is 0 Å². The summed E-state index contributed by atoms with van der Waals surface area (Å²) in [7, 11) is 0. The van der Waals surface area contributed by atoms with Crippen molar-refractivity contribution in [1.29, 1.82) is 0 Å². The predicted octanol–water partition coefficient (Wildman–Crippen LogP) is 2.54. The van der Waals surface area contributed by atoms with Crippen molar-refractivity contribution < 1.29 is 14.8 Å². The Kier molecular flexibility index (Phi) is 4.90. The second-order valence-electron chi connectivity index (χ2n) is 5.37. The van der Waals surface area contributed by atoms with Gasteiger partial charge < -0.3 is 10.0 Å². The van der Waals surface area contributed by atoms with E-state index in [0.29, 0.717) is 30.3 Å². The smallest absolute Gasteiger partial charge is 0.293 e. The molecule has 1 aliphatic rings. The summed E-state index contributed by atoms with van der Waals surface area (Å²) < 4.78 is 0. The van der Waals surface area contributed by atoms with Gasteiger partial charge in [-0.2, -0.15) is 0 Å². The van der Waals surface area contributed by atoms with Crippen molar-refractivity contribution in [3.8, 4) is 0 Å². The normalized spacial score (nSPS) is 14.6. The predicted molar refractivity (Wildman–Crippen MR) is 79.8 cm³/mol. The van der Waals surface area contributed by atoms with Gasteiger partial charge in [-0.1, -0.05) is 0 Å². The molecule has 2 rings (SSSR count). The third-order valence-electron chi connectivity index (χ3n) is 3.96. The van der Waals surface area contributed by atoms with Crippen LogP contribution < -0.4 is 4.90 Å². The summed E-state index contributed by atoms with van der Waals surface area (Å²) in [6.45, 7) is 2.04. The fourth-order valence-corrected chi connectivity index (χ4v) is 2.57. The number of benzene rings is 1. The minimum Gasteiger partial charge on any atom is -0.396 e. The summed E-state index contributed by atoms with van der Waals surface area (Å²) >= 11 is 0. The molecule has 1 aromatic rings. The third kappa shape index (κ3) is 3.39. The van der Waals surface area contributed by atoms with Gasteiger partial charge in [0.25, 0.3) is 5.69 Å². The number of nitrogens with zero attached hydrogens (tertiary/aromatic N) is 2. The van der Waals surface area contributed by atoms with Crippen LogP contribution in [0, 0.1) is 10.1 Å². The standard InChI is InChI=1S/C15H20N2O4/c1-11(19)12-6-7-14(15(10-12)17(20)21)16(8-3-9-18)13-4-2-5-13/h6-7,10,13,18H,2-5,8-9H2,1H3. The fraction of sp³-hybridized carbons (Fsp3) is 0.533. The molecular formula is C15H20N2O4. The molecule has 0 bridgehead atoms. The van der Waals surface area contributed by atoms with Crippen molar-refractivity contribution in [2.45, 2.75) is 38.6 Å². The van der Waals surface area contributed by atoms with Gasteiger partial charge in [0.15, 0.2) is 5.78 Å². The lowest BCUT2D eigenvalue weighted by atomic mass is 9.90. The number of ketones is 1. The van der Waals surface area contributed by atoms with E-state index in [2.05, 4.69) is 0 Å². The van der Waals surface area contributed by atoms with E-state index in [0.717, 1.165) is 19.3 Å². The zero-order chi connectivity index (χ0) is 15.4. The van der Waals surface area contributed by atoms with Crippen molar-refractivity contribution in [3.05, 3.63) is 33.9 Å². The molecule has 1 fully saturated rings. The first-order valence-electron chi connectivity index (χ1n) is 7.21. The lowest BCUT2D eigenvalue weighted by Crippen LogP contribution is -2.41. The molecule has 114 valence electrons. The highest BCUT2D eigenvalue weighted by molar-refractivity contribution is 5.95. The molecule has 0 heterocycles. The largest absolute Gasteiger partial charge is 0.396 e. The first kappa shape index (κ1) is 15.4. The molecular weight excluding hydrogens is 272 g/mol. The van der Waals surface area contributed by atoms with Crippen molar-refractivity contribution >= 4 is 17.2 Å². The van der Waals surface area contributed by atoms with Gasteiger partial charge in [0.05, 0.1) is 4.92 Å². The second-order valence-corrected chi connectivity index (χ2v) is 5.37. The number of aliphatic hydroxyl groups is 1. The van der Waals surface area contributed by atoms with E-state index >= 15 is 0 Å². The highest BCUT2D eigenvalue weighted by atomic mass is 16.6.